The van der Waals surface area contributed by atoms with Crippen LogP contribution < -0.4 is 9.47 Å². The van der Waals surface area contributed by atoms with Crippen LogP contribution in [0.25, 0.3) is 10.9 Å². The smallest absolute Gasteiger partial charge is 0.453 e. The summed E-state index contributed by atoms with van der Waals surface area (Å²) in [4.78, 5) is 19.1. The van der Waals surface area contributed by atoms with Gasteiger partial charge in [-0.2, -0.15) is 13.2 Å². The lowest BCUT2D eigenvalue weighted by molar-refractivity contribution is -0.141. The Morgan fingerprint density at radius 1 is 1.14 bits per heavy atom. The highest BCUT2D eigenvalue weighted by Gasteiger charge is 2.32. The highest BCUT2D eigenvalue weighted by molar-refractivity contribution is 5.90. The van der Waals surface area contributed by atoms with Crippen LogP contribution >= 0.6 is 0 Å². The summed E-state index contributed by atoms with van der Waals surface area (Å²) < 4.78 is 67.3. The van der Waals surface area contributed by atoms with E-state index in [4.69, 9.17) is 9.47 Å². The van der Waals surface area contributed by atoms with Crippen LogP contribution in [0, 0.1) is 19.7 Å². The first-order chi connectivity index (χ1) is 13.6. The molecule has 0 unspecified atom stereocenters. The fraction of sp³-hybridized carbons (Fsp3) is 0.211. The molecule has 0 aliphatic heterocycles. The molecule has 3 rings (SSSR count). The SMILES string of the molecule is COC(=O)Oc1c(C)c(C)nc2cc(F)c(Oc3ccc(C(F)(F)F)nc3)cc12. The number of alkyl halides is 3. The molecule has 0 bridgehead atoms. The molecule has 0 radical (unpaired) electrons. The Morgan fingerprint density at radius 3 is 2.45 bits per heavy atom. The molecule has 3 aromatic rings. The summed E-state index contributed by atoms with van der Waals surface area (Å²) >= 11 is 0. The van der Waals surface area contributed by atoms with Gasteiger partial charge >= 0.3 is 12.3 Å². The van der Waals surface area contributed by atoms with Crippen LogP contribution in [0.5, 0.6) is 17.2 Å². The summed E-state index contributed by atoms with van der Waals surface area (Å²) in [6, 6.07) is 4.04. The van der Waals surface area contributed by atoms with Gasteiger partial charge in [-0.1, -0.05) is 0 Å². The second-order valence-electron chi connectivity index (χ2n) is 5.99. The van der Waals surface area contributed by atoms with Crippen molar-refractivity contribution >= 4 is 17.1 Å². The molecule has 2 heterocycles. The van der Waals surface area contributed by atoms with Gasteiger partial charge in [0.1, 0.15) is 17.2 Å². The fourth-order valence-electron chi connectivity index (χ4n) is 2.52. The van der Waals surface area contributed by atoms with Crippen LogP contribution in [0.3, 0.4) is 0 Å². The number of hydrogen-bond acceptors (Lipinski definition) is 6. The number of aromatic nitrogens is 2. The highest BCUT2D eigenvalue weighted by Crippen LogP contribution is 2.36. The zero-order chi connectivity index (χ0) is 21.3. The lowest BCUT2D eigenvalue weighted by Gasteiger charge is -2.14. The van der Waals surface area contributed by atoms with Crippen LogP contribution in [-0.4, -0.2) is 23.2 Å². The summed E-state index contributed by atoms with van der Waals surface area (Å²) in [5, 5.41) is 0.259. The van der Waals surface area contributed by atoms with E-state index in [2.05, 4.69) is 14.7 Å². The van der Waals surface area contributed by atoms with Crippen LogP contribution in [0.15, 0.2) is 30.5 Å². The molecule has 0 fully saturated rings. The molecule has 2 aromatic heterocycles. The Bertz CT molecular complexity index is 1080. The molecule has 0 amide bonds. The maximum absolute atomic E-state index is 14.5. The van der Waals surface area contributed by atoms with Crippen molar-refractivity contribution in [3.05, 3.63) is 53.2 Å². The molecule has 0 saturated carbocycles. The number of carbonyl (C=O) groups is 1. The van der Waals surface area contributed by atoms with Crippen molar-refractivity contribution in [2.45, 2.75) is 20.0 Å². The second-order valence-corrected chi connectivity index (χ2v) is 5.99. The predicted molar refractivity (Wildman–Crippen MR) is 93.5 cm³/mol. The third-order valence-corrected chi connectivity index (χ3v) is 4.07. The monoisotopic (exact) mass is 410 g/mol. The average molecular weight is 410 g/mol. The number of halogens is 4. The average Bonchev–Trinajstić information content (AvgIpc) is 2.66. The molecular formula is C19H14F4N2O4. The quantitative estimate of drug-likeness (QED) is 0.429. The number of methoxy groups -OCH3 is 1. The Hall–Kier alpha value is -3.43. The second kappa shape index (κ2) is 7.53. The number of hydrogen-bond donors (Lipinski definition) is 0. The molecule has 152 valence electrons. The van der Waals surface area contributed by atoms with Crippen LogP contribution in [0.4, 0.5) is 22.4 Å². The maximum Gasteiger partial charge on any atom is 0.513 e. The zero-order valence-electron chi connectivity index (χ0n) is 15.4. The number of fused-ring (bicyclic) bond motifs is 1. The van der Waals surface area contributed by atoms with Gasteiger partial charge in [-0.15, -0.1) is 0 Å². The van der Waals surface area contributed by atoms with E-state index in [0.717, 1.165) is 31.5 Å². The van der Waals surface area contributed by atoms with E-state index >= 15 is 0 Å². The summed E-state index contributed by atoms with van der Waals surface area (Å²) in [6.07, 6.45) is -4.75. The molecular weight excluding hydrogens is 396 g/mol. The molecule has 6 nitrogen and oxygen atoms in total. The topological polar surface area (TPSA) is 70.5 Å². The minimum absolute atomic E-state index is 0.106. The maximum atomic E-state index is 14.5. The van der Waals surface area contributed by atoms with Gasteiger partial charge in [0.15, 0.2) is 11.6 Å². The van der Waals surface area contributed by atoms with Crippen LogP contribution in [0.2, 0.25) is 0 Å². The number of benzene rings is 1. The van der Waals surface area contributed by atoms with Crippen molar-refractivity contribution in [3.8, 4) is 17.2 Å². The number of nitrogens with zero attached hydrogens (tertiary/aromatic N) is 2. The van der Waals surface area contributed by atoms with E-state index in [9.17, 15) is 22.4 Å². The Kier molecular flexibility index (Phi) is 5.27. The van der Waals surface area contributed by atoms with Crippen molar-refractivity contribution in [1.29, 1.82) is 0 Å². The van der Waals surface area contributed by atoms with Crippen molar-refractivity contribution in [2.24, 2.45) is 0 Å². The number of ether oxygens (including phenoxy) is 3. The number of pyridine rings is 2. The standard InChI is InChI=1S/C19H14F4N2O4/c1-9-10(2)25-14-7-13(20)15(6-12(14)17(9)29-18(26)27-3)28-11-4-5-16(24-8-11)19(21,22)23/h4-8H,1-3H3. The molecule has 0 saturated heterocycles. The molecule has 29 heavy (non-hydrogen) atoms. The van der Waals surface area contributed by atoms with Gasteiger partial charge in [-0.3, -0.25) is 4.98 Å². The van der Waals surface area contributed by atoms with Gasteiger partial charge in [0, 0.05) is 22.7 Å². The summed E-state index contributed by atoms with van der Waals surface area (Å²) in [5.74, 6) is -1.12. The van der Waals surface area contributed by atoms with Crippen molar-refractivity contribution in [3.63, 3.8) is 0 Å². The minimum atomic E-state index is -4.60. The van der Waals surface area contributed by atoms with Crippen LogP contribution in [0.1, 0.15) is 17.0 Å². The van der Waals surface area contributed by atoms with Gasteiger partial charge in [0.2, 0.25) is 0 Å². The minimum Gasteiger partial charge on any atom is -0.453 e. The van der Waals surface area contributed by atoms with Gasteiger partial charge < -0.3 is 14.2 Å². The van der Waals surface area contributed by atoms with Crippen LogP contribution in [-0.2, 0) is 10.9 Å². The number of carbonyl (C=O) groups excluding carboxylic acids is 1. The Balaban J connectivity index is 2.04. The van der Waals surface area contributed by atoms with Crippen molar-refractivity contribution < 1.29 is 36.6 Å². The Morgan fingerprint density at radius 2 is 1.86 bits per heavy atom. The van der Waals surface area contributed by atoms with Gasteiger partial charge in [-0.05, 0) is 32.0 Å². The first-order valence-corrected chi connectivity index (χ1v) is 8.17. The Labute approximate surface area is 162 Å². The number of rotatable bonds is 3. The lowest BCUT2D eigenvalue weighted by atomic mass is 10.1. The summed E-state index contributed by atoms with van der Waals surface area (Å²) in [7, 11) is 1.14. The van der Waals surface area contributed by atoms with E-state index in [1.807, 2.05) is 0 Å². The molecule has 0 aliphatic carbocycles. The third-order valence-electron chi connectivity index (χ3n) is 4.07. The molecule has 1 aromatic carbocycles. The largest absolute Gasteiger partial charge is 0.513 e. The predicted octanol–water partition coefficient (Wildman–Crippen LogP) is 5.34. The lowest BCUT2D eigenvalue weighted by Crippen LogP contribution is -2.10. The molecule has 0 aliphatic rings. The molecule has 0 atom stereocenters. The third kappa shape index (κ3) is 4.20. The van der Waals surface area contributed by atoms with Gasteiger partial charge in [0.05, 0.1) is 18.8 Å². The van der Waals surface area contributed by atoms with Gasteiger partial charge in [-0.25, -0.2) is 14.2 Å². The number of aryl methyl sites for hydroxylation is 1. The highest BCUT2D eigenvalue weighted by atomic mass is 19.4. The van der Waals surface area contributed by atoms with E-state index in [1.54, 1.807) is 13.8 Å². The van der Waals surface area contributed by atoms with E-state index in [-0.39, 0.29) is 28.2 Å². The molecule has 10 heteroatoms. The molecule has 0 N–H and O–H groups in total. The van der Waals surface area contributed by atoms with E-state index in [1.165, 1.54) is 6.07 Å². The first-order valence-electron chi connectivity index (χ1n) is 8.17. The zero-order valence-corrected chi connectivity index (χ0v) is 15.4. The summed E-state index contributed by atoms with van der Waals surface area (Å²) in [6.45, 7) is 3.32. The fourth-order valence-corrected chi connectivity index (χ4v) is 2.52. The normalized spacial score (nSPS) is 11.4. The van der Waals surface area contributed by atoms with E-state index < -0.39 is 23.8 Å². The van der Waals surface area contributed by atoms with E-state index in [0.29, 0.717) is 11.3 Å². The summed E-state index contributed by atoms with van der Waals surface area (Å²) in [5.41, 5.74) is 0.128. The van der Waals surface area contributed by atoms with Gasteiger partial charge in [0.25, 0.3) is 0 Å². The molecule has 0 spiro atoms. The first kappa shape index (κ1) is 20.3. The van der Waals surface area contributed by atoms with Crippen molar-refractivity contribution in [1.82, 2.24) is 9.97 Å². The van der Waals surface area contributed by atoms with Crippen molar-refractivity contribution in [2.75, 3.05) is 7.11 Å².